The number of azo groups is 1. The van der Waals surface area contributed by atoms with Crippen LogP contribution in [0.4, 0.5) is 0 Å². The summed E-state index contributed by atoms with van der Waals surface area (Å²) in [4.78, 5) is 1.74. The zero-order chi connectivity index (χ0) is 15.8. The van der Waals surface area contributed by atoms with Gasteiger partial charge in [0.25, 0.3) is 0 Å². The molecule has 1 rings (SSSR count). The summed E-state index contributed by atoms with van der Waals surface area (Å²) in [5.74, 6) is 0.948. The number of aryl methyl sites for hydroxylation is 2. The predicted molar refractivity (Wildman–Crippen MR) is 83.0 cm³/mol. The van der Waals surface area contributed by atoms with Gasteiger partial charge >= 0.3 is 0 Å². The number of amidine groups is 1. The highest BCUT2D eigenvalue weighted by atomic mass is 15.3. The molecule has 1 heterocycles. The molecular weight excluding hydrogens is 268 g/mol. The number of nitrogens with zero attached hydrogens (tertiary/aromatic N) is 7. The highest BCUT2D eigenvalue weighted by molar-refractivity contribution is 5.79. The van der Waals surface area contributed by atoms with Crippen LogP contribution in [0.2, 0.25) is 0 Å². The molecule has 0 amide bonds. The van der Waals surface area contributed by atoms with E-state index in [-0.39, 0.29) is 0 Å². The van der Waals surface area contributed by atoms with Crippen LogP contribution in [0.1, 0.15) is 6.92 Å². The fourth-order valence-corrected chi connectivity index (χ4v) is 1.33. The van der Waals surface area contributed by atoms with Crippen LogP contribution in [0.15, 0.2) is 57.6 Å². The van der Waals surface area contributed by atoms with Gasteiger partial charge in [-0.15, -0.1) is 20.4 Å². The molecule has 1 aromatic rings. The Hall–Kier alpha value is -2.64. The number of aromatic nitrogens is 2. The van der Waals surface area contributed by atoms with Crippen LogP contribution in [-0.2, 0) is 14.1 Å². The maximum atomic E-state index is 4.13. The van der Waals surface area contributed by atoms with Crippen LogP contribution in [0.5, 0.6) is 0 Å². The van der Waals surface area contributed by atoms with Gasteiger partial charge in [0.2, 0.25) is 5.62 Å². The molecule has 0 spiro atoms. The van der Waals surface area contributed by atoms with Gasteiger partial charge in [0, 0.05) is 53.0 Å². The van der Waals surface area contributed by atoms with Gasteiger partial charge in [0.15, 0.2) is 5.84 Å². The number of rotatable bonds is 5. The molecule has 0 aromatic carbocycles. The van der Waals surface area contributed by atoms with Gasteiger partial charge in [0.05, 0.1) is 0 Å². The van der Waals surface area contributed by atoms with Crippen LogP contribution in [0.3, 0.4) is 0 Å². The van der Waals surface area contributed by atoms with E-state index in [9.17, 15) is 0 Å². The summed E-state index contributed by atoms with van der Waals surface area (Å²) in [6, 6.07) is 0. The predicted octanol–water partition coefficient (Wildman–Crippen LogP) is 1.14. The SMILES string of the molecule is C=C(N=N/C(C)=N/N=c1n(C)ccn1C)N(C)/C=C\NC. The van der Waals surface area contributed by atoms with Crippen LogP contribution in [-0.4, -0.2) is 34.0 Å². The number of hydrogen-bond acceptors (Lipinski definition) is 5. The van der Waals surface area contributed by atoms with Crippen molar-refractivity contribution in [2.75, 3.05) is 14.1 Å². The highest BCUT2D eigenvalue weighted by Crippen LogP contribution is 2.01. The molecule has 0 bridgehead atoms. The third-order valence-electron chi connectivity index (χ3n) is 2.61. The maximum Gasteiger partial charge on any atom is 0.229 e. The molecule has 0 aliphatic carbocycles. The zero-order valence-electron chi connectivity index (χ0n) is 13.1. The van der Waals surface area contributed by atoms with Gasteiger partial charge in [-0.1, -0.05) is 6.58 Å². The Morgan fingerprint density at radius 3 is 2.48 bits per heavy atom. The maximum absolute atomic E-state index is 4.13. The molecule has 21 heavy (non-hydrogen) atoms. The number of imidazole rings is 1. The van der Waals surface area contributed by atoms with E-state index in [2.05, 4.69) is 32.3 Å². The fraction of sp³-hybridized carbons (Fsp3) is 0.385. The van der Waals surface area contributed by atoms with Crippen molar-refractivity contribution >= 4 is 5.84 Å². The monoisotopic (exact) mass is 290 g/mol. The van der Waals surface area contributed by atoms with E-state index in [4.69, 9.17) is 0 Å². The van der Waals surface area contributed by atoms with Gasteiger partial charge in [-0.25, -0.2) is 0 Å². The van der Waals surface area contributed by atoms with E-state index in [0.29, 0.717) is 11.7 Å². The Bertz CT molecular complexity index is 606. The Balaban J connectivity index is 2.77. The van der Waals surface area contributed by atoms with Crippen LogP contribution in [0, 0.1) is 0 Å². The van der Waals surface area contributed by atoms with Crippen LogP contribution < -0.4 is 10.9 Å². The van der Waals surface area contributed by atoms with Gasteiger partial charge in [-0.05, 0) is 6.92 Å². The average molecular weight is 290 g/mol. The Labute approximate surface area is 124 Å². The van der Waals surface area contributed by atoms with Crippen molar-refractivity contribution in [3.63, 3.8) is 0 Å². The fourth-order valence-electron chi connectivity index (χ4n) is 1.33. The van der Waals surface area contributed by atoms with Crippen LogP contribution >= 0.6 is 0 Å². The molecule has 0 atom stereocenters. The van der Waals surface area contributed by atoms with Crippen molar-refractivity contribution < 1.29 is 0 Å². The summed E-state index contributed by atoms with van der Waals surface area (Å²) in [7, 11) is 7.44. The first-order valence-electron chi connectivity index (χ1n) is 6.39. The third kappa shape index (κ3) is 5.09. The second-order valence-electron chi connectivity index (χ2n) is 4.40. The lowest BCUT2D eigenvalue weighted by Gasteiger charge is -2.10. The molecule has 0 saturated carbocycles. The topological polar surface area (TPSA) is 74.6 Å². The van der Waals surface area contributed by atoms with Crippen LogP contribution in [0.25, 0.3) is 0 Å². The molecular formula is C13H22N8. The van der Waals surface area contributed by atoms with Gasteiger partial charge in [-0.3, -0.25) is 0 Å². The lowest BCUT2D eigenvalue weighted by Crippen LogP contribution is -2.21. The number of nitrogens with one attached hydrogen (secondary N) is 1. The Kier molecular flexibility index (Phi) is 6.12. The molecule has 1 N–H and O–H groups in total. The molecule has 0 aliphatic heterocycles. The Morgan fingerprint density at radius 2 is 1.90 bits per heavy atom. The molecule has 0 radical (unpaired) electrons. The highest BCUT2D eigenvalue weighted by Gasteiger charge is 1.96. The summed E-state index contributed by atoms with van der Waals surface area (Å²) in [5, 5.41) is 19.0. The summed E-state index contributed by atoms with van der Waals surface area (Å²) in [6.07, 6.45) is 7.36. The van der Waals surface area contributed by atoms with Gasteiger partial charge < -0.3 is 19.4 Å². The average Bonchev–Trinajstić information content (AvgIpc) is 2.78. The first-order chi connectivity index (χ1) is 9.95. The third-order valence-corrected chi connectivity index (χ3v) is 2.61. The molecule has 8 heteroatoms. The molecule has 1 aromatic heterocycles. The molecule has 8 nitrogen and oxygen atoms in total. The number of hydrogen-bond donors (Lipinski definition) is 1. The van der Waals surface area contributed by atoms with Crippen molar-refractivity contribution in [2.24, 2.45) is 34.5 Å². The van der Waals surface area contributed by atoms with E-state index < -0.39 is 0 Å². The summed E-state index contributed by atoms with van der Waals surface area (Å²) in [6.45, 7) is 5.54. The second-order valence-corrected chi connectivity index (χ2v) is 4.40. The minimum atomic E-state index is 0.448. The minimum absolute atomic E-state index is 0.448. The summed E-state index contributed by atoms with van der Waals surface area (Å²) >= 11 is 0. The van der Waals surface area contributed by atoms with Crippen molar-refractivity contribution in [3.8, 4) is 0 Å². The van der Waals surface area contributed by atoms with Gasteiger partial charge in [0.1, 0.15) is 5.82 Å². The lowest BCUT2D eigenvalue weighted by molar-refractivity contribution is 0.553. The first-order valence-corrected chi connectivity index (χ1v) is 6.39. The van der Waals surface area contributed by atoms with E-state index in [1.807, 2.05) is 49.7 Å². The van der Waals surface area contributed by atoms with E-state index in [0.717, 1.165) is 5.62 Å². The first kappa shape index (κ1) is 16.4. The van der Waals surface area contributed by atoms with Crippen molar-refractivity contribution in [1.82, 2.24) is 19.4 Å². The normalized spacial score (nSPS) is 12.1. The lowest BCUT2D eigenvalue weighted by atomic mass is 10.6. The summed E-state index contributed by atoms with van der Waals surface area (Å²) in [5.41, 5.74) is 0.720. The molecule has 0 fully saturated rings. The van der Waals surface area contributed by atoms with Crippen molar-refractivity contribution in [3.05, 3.63) is 42.8 Å². The summed E-state index contributed by atoms with van der Waals surface area (Å²) < 4.78 is 3.73. The molecule has 0 unspecified atom stereocenters. The molecule has 114 valence electrons. The molecule has 0 saturated heterocycles. The minimum Gasteiger partial charge on any atom is -0.393 e. The van der Waals surface area contributed by atoms with E-state index >= 15 is 0 Å². The zero-order valence-corrected chi connectivity index (χ0v) is 13.1. The van der Waals surface area contributed by atoms with Gasteiger partial charge in [-0.2, -0.15) is 0 Å². The van der Waals surface area contributed by atoms with Crippen molar-refractivity contribution in [2.45, 2.75) is 6.92 Å². The smallest absolute Gasteiger partial charge is 0.229 e. The van der Waals surface area contributed by atoms with E-state index in [1.165, 1.54) is 0 Å². The molecule has 0 aliphatic rings. The second kappa shape index (κ2) is 7.83. The largest absolute Gasteiger partial charge is 0.393 e. The van der Waals surface area contributed by atoms with Crippen molar-refractivity contribution in [1.29, 1.82) is 0 Å². The van der Waals surface area contributed by atoms with E-state index in [1.54, 1.807) is 24.2 Å². The Morgan fingerprint density at radius 1 is 1.29 bits per heavy atom. The standard InChI is InChI=1S/C13H22N8/c1-11(15-17-12(2)19(4)8-7-14-3)16-18-13-20(5)9-10-21(13)6/h7-10,14H,2H2,1,3-6H3/b8-7-,16-11+,17-15?. The quantitative estimate of drug-likeness (QED) is 0.382.